The number of aromatic nitrogens is 3. The van der Waals surface area contributed by atoms with Gasteiger partial charge >= 0.3 is 0 Å². The SMILES string of the molecule is Clc1ccc(CSc2nnc(Nc3ccccc3)s2)cn1. The van der Waals surface area contributed by atoms with Crippen LogP contribution in [0.2, 0.25) is 5.15 Å². The third-order valence-electron chi connectivity index (χ3n) is 2.58. The number of benzene rings is 1. The summed E-state index contributed by atoms with van der Waals surface area (Å²) < 4.78 is 0.920. The van der Waals surface area contributed by atoms with Gasteiger partial charge in [0.2, 0.25) is 5.13 Å². The minimum atomic E-state index is 0.508. The van der Waals surface area contributed by atoms with Gasteiger partial charge in [-0.2, -0.15) is 0 Å². The zero-order valence-electron chi connectivity index (χ0n) is 10.9. The lowest BCUT2D eigenvalue weighted by Gasteiger charge is -1.99. The first-order valence-electron chi connectivity index (χ1n) is 6.18. The number of nitrogens with zero attached hydrogens (tertiary/aromatic N) is 3. The van der Waals surface area contributed by atoms with Gasteiger partial charge in [0, 0.05) is 17.6 Å². The van der Waals surface area contributed by atoms with E-state index in [0.29, 0.717) is 5.15 Å². The molecule has 2 aromatic heterocycles. The van der Waals surface area contributed by atoms with E-state index < -0.39 is 0 Å². The largest absolute Gasteiger partial charge is 0.330 e. The van der Waals surface area contributed by atoms with Gasteiger partial charge in [-0.05, 0) is 23.8 Å². The molecule has 0 amide bonds. The Morgan fingerprint density at radius 3 is 2.71 bits per heavy atom. The maximum Gasteiger partial charge on any atom is 0.210 e. The predicted molar refractivity (Wildman–Crippen MR) is 88.4 cm³/mol. The first kappa shape index (κ1) is 14.3. The molecule has 4 nitrogen and oxygen atoms in total. The van der Waals surface area contributed by atoms with Crippen molar-refractivity contribution in [3.05, 3.63) is 59.4 Å². The number of thioether (sulfide) groups is 1. The number of hydrogen-bond acceptors (Lipinski definition) is 6. The van der Waals surface area contributed by atoms with Crippen LogP contribution < -0.4 is 5.32 Å². The number of nitrogens with one attached hydrogen (secondary N) is 1. The van der Waals surface area contributed by atoms with Crippen molar-refractivity contribution in [1.82, 2.24) is 15.2 Å². The zero-order valence-corrected chi connectivity index (χ0v) is 13.3. The highest BCUT2D eigenvalue weighted by Gasteiger charge is 2.05. The molecule has 0 fully saturated rings. The van der Waals surface area contributed by atoms with Crippen LogP contribution in [0.1, 0.15) is 5.56 Å². The van der Waals surface area contributed by atoms with E-state index in [-0.39, 0.29) is 0 Å². The molecule has 3 aromatic rings. The summed E-state index contributed by atoms with van der Waals surface area (Å²) in [6.07, 6.45) is 1.78. The Labute approximate surface area is 135 Å². The molecule has 0 unspecified atom stereocenters. The Kier molecular flexibility index (Phi) is 4.69. The molecule has 7 heteroatoms. The lowest BCUT2D eigenvalue weighted by molar-refractivity contribution is 1.01. The summed E-state index contributed by atoms with van der Waals surface area (Å²) >= 11 is 8.93. The summed E-state index contributed by atoms with van der Waals surface area (Å²) in [5, 5.41) is 12.8. The standard InChI is InChI=1S/C14H11ClN4S2/c15-12-7-6-10(8-16-12)9-20-14-19-18-13(21-14)17-11-4-2-1-3-5-11/h1-8H,9H2,(H,17,18). The van der Waals surface area contributed by atoms with Crippen LogP contribution in [0.3, 0.4) is 0 Å². The highest BCUT2D eigenvalue weighted by Crippen LogP contribution is 2.29. The van der Waals surface area contributed by atoms with Crippen molar-refractivity contribution in [3.63, 3.8) is 0 Å². The van der Waals surface area contributed by atoms with Crippen molar-refractivity contribution in [3.8, 4) is 0 Å². The maximum atomic E-state index is 5.76. The van der Waals surface area contributed by atoms with Gasteiger partial charge < -0.3 is 5.32 Å². The minimum absolute atomic E-state index is 0.508. The summed E-state index contributed by atoms with van der Waals surface area (Å²) in [5.74, 6) is 0.796. The lowest BCUT2D eigenvalue weighted by atomic mass is 10.3. The van der Waals surface area contributed by atoms with Crippen molar-refractivity contribution in [2.75, 3.05) is 5.32 Å². The van der Waals surface area contributed by atoms with Gasteiger partial charge in [0.15, 0.2) is 4.34 Å². The van der Waals surface area contributed by atoms with E-state index in [1.54, 1.807) is 24.0 Å². The quantitative estimate of drug-likeness (QED) is 0.545. The molecule has 0 aliphatic carbocycles. The monoisotopic (exact) mass is 334 g/mol. The minimum Gasteiger partial charge on any atom is -0.330 e. The number of anilines is 2. The first-order valence-corrected chi connectivity index (χ1v) is 8.36. The van der Waals surface area contributed by atoms with Crippen molar-refractivity contribution in [2.45, 2.75) is 10.1 Å². The van der Waals surface area contributed by atoms with Crippen LogP contribution in [0.25, 0.3) is 0 Å². The predicted octanol–water partition coefficient (Wildman–Crippen LogP) is 4.62. The van der Waals surface area contributed by atoms with E-state index >= 15 is 0 Å². The fourth-order valence-corrected chi connectivity index (χ4v) is 3.42. The molecular weight excluding hydrogens is 324 g/mol. The topological polar surface area (TPSA) is 50.7 Å². The van der Waals surface area contributed by atoms with E-state index in [2.05, 4.69) is 20.5 Å². The van der Waals surface area contributed by atoms with Crippen LogP contribution in [0.15, 0.2) is 53.0 Å². The molecule has 2 heterocycles. The summed E-state index contributed by atoms with van der Waals surface area (Å²) in [6.45, 7) is 0. The second kappa shape index (κ2) is 6.89. The summed E-state index contributed by atoms with van der Waals surface area (Å²) in [6, 6.07) is 13.7. The van der Waals surface area contributed by atoms with Crippen LogP contribution >= 0.6 is 34.7 Å². The molecule has 1 aromatic carbocycles. The summed E-state index contributed by atoms with van der Waals surface area (Å²) in [7, 11) is 0. The Balaban J connectivity index is 1.59. The number of halogens is 1. The Morgan fingerprint density at radius 2 is 1.95 bits per heavy atom. The second-order valence-corrected chi connectivity index (χ2v) is 6.73. The first-order chi connectivity index (χ1) is 10.3. The molecule has 0 saturated carbocycles. The number of rotatable bonds is 5. The van der Waals surface area contributed by atoms with E-state index in [1.807, 2.05) is 36.4 Å². The van der Waals surface area contributed by atoms with Crippen LogP contribution in [-0.2, 0) is 5.75 Å². The van der Waals surface area contributed by atoms with Gasteiger partial charge in [0.25, 0.3) is 0 Å². The zero-order chi connectivity index (χ0) is 14.5. The molecule has 1 N–H and O–H groups in total. The third-order valence-corrected chi connectivity index (χ3v) is 4.85. The Bertz CT molecular complexity index is 701. The molecule has 21 heavy (non-hydrogen) atoms. The number of hydrogen-bond donors (Lipinski definition) is 1. The second-order valence-electron chi connectivity index (χ2n) is 4.14. The maximum absolute atomic E-state index is 5.76. The van der Waals surface area contributed by atoms with Crippen molar-refractivity contribution in [1.29, 1.82) is 0 Å². The fourth-order valence-electron chi connectivity index (χ4n) is 1.60. The molecule has 0 spiro atoms. The molecule has 0 bridgehead atoms. The third kappa shape index (κ3) is 4.17. The van der Waals surface area contributed by atoms with Crippen molar-refractivity contribution in [2.24, 2.45) is 0 Å². The highest BCUT2D eigenvalue weighted by molar-refractivity contribution is 8.00. The van der Waals surface area contributed by atoms with E-state index in [1.165, 1.54) is 11.3 Å². The van der Waals surface area contributed by atoms with Gasteiger partial charge in [-0.3, -0.25) is 0 Å². The average molecular weight is 335 g/mol. The normalized spacial score (nSPS) is 10.5. The van der Waals surface area contributed by atoms with Gasteiger partial charge in [-0.15, -0.1) is 10.2 Å². The number of para-hydroxylation sites is 1. The summed E-state index contributed by atoms with van der Waals surface area (Å²) in [4.78, 5) is 4.06. The Morgan fingerprint density at radius 1 is 1.10 bits per heavy atom. The van der Waals surface area contributed by atoms with Gasteiger partial charge in [-0.1, -0.05) is 59.0 Å². The van der Waals surface area contributed by atoms with Crippen molar-refractivity contribution < 1.29 is 0 Å². The van der Waals surface area contributed by atoms with E-state index in [0.717, 1.165) is 26.5 Å². The molecule has 3 rings (SSSR count). The van der Waals surface area contributed by atoms with Crippen LogP contribution in [-0.4, -0.2) is 15.2 Å². The molecule has 0 aliphatic heterocycles. The van der Waals surface area contributed by atoms with Crippen LogP contribution in [0.4, 0.5) is 10.8 Å². The van der Waals surface area contributed by atoms with E-state index in [9.17, 15) is 0 Å². The Hall–Kier alpha value is -1.63. The number of pyridine rings is 1. The van der Waals surface area contributed by atoms with Gasteiger partial charge in [0.05, 0.1) is 0 Å². The molecule has 0 radical (unpaired) electrons. The van der Waals surface area contributed by atoms with Crippen LogP contribution in [0, 0.1) is 0 Å². The molecular formula is C14H11ClN4S2. The molecule has 106 valence electrons. The van der Waals surface area contributed by atoms with Gasteiger partial charge in [-0.25, -0.2) is 4.98 Å². The van der Waals surface area contributed by atoms with Crippen molar-refractivity contribution >= 4 is 45.5 Å². The average Bonchev–Trinajstić information content (AvgIpc) is 2.95. The smallest absolute Gasteiger partial charge is 0.210 e. The summed E-state index contributed by atoms with van der Waals surface area (Å²) in [5.41, 5.74) is 2.12. The van der Waals surface area contributed by atoms with Gasteiger partial charge in [0.1, 0.15) is 5.15 Å². The van der Waals surface area contributed by atoms with E-state index in [4.69, 9.17) is 11.6 Å². The molecule has 0 aliphatic rings. The highest BCUT2D eigenvalue weighted by atomic mass is 35.5. The lowest BCUT2D eigenvalue weighted by Crippen LogP contribution is -1.87. The molecule has 0 atom stereocenters. The fraction of sp³-hybridized carbons (Fsp3) is 0.0714. The molecule has 0 saturated heterocycles. The van der Waals surface area contributed by atoms with Crippen LogP contribution in [0.5, 0.6) is 0 Å².